The van der Waals surface area contributed by atoms with E-state index in [2.05, 4.69) is 17.4 Å². The van der Waals surface area contributed by atoms with Crippen LogP contribution in [0.25, 0.3) is 0 Å². The van der Waals surface area contributed by atoms with Crippen molar-refractivity contribution in [3.8, 4) is 0 Å². The standard InChI is InChI=1S/C17H27N3O2S2.2ClH/c18-11-9-14(17(19)22)6-4-5-12-20-16(21)10-13-23-24-15-7-2-1-3-8-15;;/h1-3,7-8,14H,4-6,9-13,18H2,(H2,19,22)(H,20,21);2*1H. The molecule has 0 fully saturated rings. The molecule has 0 saturated heterocycles. The van der Waals surface area contributed by atoms with Crippen molar-refractivity contribution in [3.63, 3.8) is 0 Å². The van der Waals surface area contributed by atoms with E-state index in [1.807, 2.05) is 18.2 Å². The highest BCUT2D eigenvalue weighted by atomic mass is 35.5. The van der Waals surface area contributed by atoms with E-state index in [9.17, 15) is 9.59 Å². The molecule has 0 aliphatic carbocycles. The van der Waals surface area contributed by atoms with Gasteiger partial charge < -0.3 is 16.8 Å². The molecule has 26 heavy (non-hydrogen) atoms. The van der Waals surface area contributed by atoms with Gasteiger partial charge in [-0.05, 0) is 37.9 Å². The topological polar surface area (TPSA) is 98.2 Å². The van der Waals surface area contributed by atoms with E-state index in [1.54, 1.807) is 21.6 Å². The van der Waals surface area contributed by atoms with E-state index < -0.39 is 0 Å². The first kappa shape index (κ1) is 27.6. The molecule has 1 aromatic carbocycles. The molecule has 1 rings (SSSR count). The smallest absolute Gasteiger partial charge is 0.220 e. The summed E-state index contributed by atoms with van der Waals surface area (Å²) in [4.78, 5) is 24.1. The van der Waals surface area contributed by atoms with Gasteiger partial charge in [0, 0.05) is 29.5 Å². The molecule has 0 bridgehead atoms. The second kappa shape index (κ2) is 17.8. The van der Waals surface area contributed by atoms with Crippen LogP contribution in [-0.4, -0.2) is 30.7 Å². The molecule has 0 aliphatic heterocycles. The summed E-state index contributed by atoms with van der Waals surface area (Å²) in [7, 11) is 3.37. The minimum atomic E-state index is -0.280. The van der Waals surface area contributed by atoms with Crippen LogP contribution in [0.4, 0.5) is 0 Å². The zero-order valence-corrected chi connectivity index (χ0v) is 18.0. The fourth-order valence-electron chi connectivity index (χ4n) is 2.18. The Morgan fingerprint density at radius 3 is 2.38 bits per heavy atom. The largest absolute Gasteiger partial charge is 0.369 e. The third-order valence-corrected chi connectivity index (χ3v) is 5.91. The highest BCUT2D eigenvalue weighted by molar-refractivity contribution is 8.76. The fraction of sp³-hybridized carbons (Fsp3) is 0.529. The summed E-state index contributed by atoms with van der Waals surface area (Å²) in [5.74, 6) is 0.435. The number of primary amides is 1. The number of nitrogens with one attached hydrogen (secondary N) is 1. The van der Waals surface area contributed by atoms with Crippen molar-refractivity contribution in [1.82, 2.24) is 5.32 Å². The van der Waals surface area contributed by atoms with E-state index in [1.165, 1.54) is 4.90 Å². The lowest BCUT2D eigenvalue weighted by molar-refractivity contribution is -0.122. The lowest BCUT2D eigenvalue weighted by Gasteiger charge is -2.11. The van der Waals surface area contributed by atoms with Crippen molar-refractivity contribution >= 4 is 58.2 Å². The number of hydrogen-bond acceptors (Lipinski definition) is 5. The zero-order chi connectivity index (χ0) is 17.6. The maximum absolute atomic E-state index is 11.7. The Hall–Kier alpha value is -0.600. The van der Waals surface area contributed by atoms with E-state index in [-0.39, 0.29) is 42.5 Å². The highest BCUT2D eigenvalue weighted by Gasteiger charge is 2.13. The summed E-state index contributed by atoms with van der Waals surface area (Å²) in [5.41, 5.74) is 10.8. The monoisotopic (exact) mass is 441 g/mol. The molecule has 1 unspecified atom stereocenters. The summed E-state index contributed by atoms with van der Waals surface area (Å²) in [6.45, 7) is 1.12. The van der Waals surface area contributed by atoms with Crippen LogP contribution in [0.1, 0.15) is 32.1 Å². The van der Waals surface area contributed by atoms with Gasteiger partial charge in [0.25, 0.3) is 0 Å². The van der Waals surface area contributed by atoms with Crippen molar-refractivity contribution in [2.75, 3.05) is 18.8 Å². The van der Waals surface area contributed by atoms with Gasteiger partial charge in [-0.3, -0.25) is 9.59 Å². The van der Waals surface area contributed by atoms with Crippen LogP contribution in [0, 0.1) is 5.92 Å². The van der Waals surface area contributed by atoms with Gasteiger partial charge >= 0.3 is 0 Å². The van der Waals surface area contributed by atoms with Crippen molar-refractivity contribution in [1.29, 1.82) is 0 Å². The lowest BCUT2D eigenvalue weighted by Crippen LogP contribution is -2.27. The number of carbonyl (C=O) groups is 2. The van der Waals surface area contributed by atoms with Gasteiger partial charge in [0.1, 0.15) is 0 Å². The van der Waals surface area contributed by atoms with Crippen LogP contribution < -0.4 is 16.8 Å². The van der Waals surface area contributed by atoms with Crippen LogP contribution in [0.5, 0.6) is 0 Å². The Morgan fingerprint density at radius 2 is 1.77 bits per heavy atom. The summed E-state index contributed by atoms with van der Waals surface area (Å²) < 4.78 is 0. The Bertz CT molecular complexity index is 496. The van der Waals surface area contributed by atoms with Gasteiger partial charge in [0.2, 0.25) is 11.8 Å². The molecular weight excluding hydrogens is 413 g/mol. The lowest BCUT2D eigenvalue weighted by atomic mass is 9.98. The van der Waals surface area contributed by atoms with Gasteiger partial charge in [-0.15, -0.1) is 24.8 Å². The molecule has 5 nitrogen and oxygen atoms in total. The van der Waals surface area contributed by atoms with E-state index in [4.69, 9.17) is 11.5 Å². The molecule has 0 spiro atoms. The molecular formula is C17H29Cl2N3O2S2. The number of halogens is 2. The molecule has 150 valence electrons. The number of benzene rings is 1. The van der Waals surface area contributed by atoms with Crippen molar-refractivity contribution < 1.29 is 9.59 Å². The molecule has 9 heteroatoms. The highest BCUT2D eigenvalue weighted by Crippen LogP contribution is 2.30. The third-order valence-electron chi connectivity index (χ3n) is 3.53. The first-order chi connectivity index (χ1) is 11.6. The van der Waals surface area contributed by atoms with Crippen molar-refractivity contribution in [2.24, 2.45) is 17.4 Å². The Morgan fingerprint density at radius 1 is 1.08 bits per heavy atom. The second-order valence-corrected chi connectivity index (χ2v) is 7.98. The maximum Gasteiger partial charge on any atom is 0.220 e. The van der Waals surface area contributed by atoms with Gasteiger partial charge in [-0.2, -0.15) is 0 Å². The van der Waals surface area contributed by atoms with Crippen molar-refractivity contribution in [3.05, 3.63) is 30.3 Å². The molecule has 0 saturated carbocycles. The molecule has 0 aliphatic rings. The van der Waals surface area contributed by atoms with E-state index >= 15 is 0 Å². The first-order valence-electron chi connectivity index (χ1n) is 8.24. The average Bonchev–Trinajstić information content (AvgIpc) is 2.58. The van der Waals surface area contributed by atoms with Crippen molar-refractivity contribution in [2.45, 2.75) is 37.0 Å². The number of carbonyl (C=O) groups excluding carboxylic acids is 2. The van der Waals surface area contributed by atoms with E-state index in [0.29, 0.717) is 25.9 Å². The summed E-state index contributed by atoms with van der Waals surface area (Å²) in [5, 5.41) is 2.91. The van der Waals surface area contributed by atoms with Crippen LogP contribution in [0.2, 0.25) is 0 Å². The number of nitrogens with two attached hydrogens (primary N) is 2. The van der Waals surface area contributed by atoms with Gasteiger partial charge in [0.05, 0.1) is 0 Å². The molecule has 2 amide bonds. The number of rotatable bonds is 13. The predicted octanol–water partition coefficient (Wildman–Crippen LogP) is 3.40. The molecule has 1 aromatic rings. The predicted molar refractivity (Wildman–Crippen MR) is 117 cm³/mol. The summed E-state index contributed by atoms with van der Waals surface area (Å²) >= 11 is 0. The molecule has 0 aromatic heterocycles. The Labute approximate surface area is 176 Å². The fourth-order valence-corrected chi connectivity index (χ4v) is 4.18. The number of amides is 2. The average molecular weight is 442 g/mol. The Balaban J connectivity index is 0. The number of hydrogen-bond donors (Lipinski definition) is 3. The summed E-state index contributed by atoms with van der Waals surface area (Å²) in [6.07, 6.45) is 3.62. The number of unbranched alkanes of at least 4 members (excludes halogenated alkanes) is 1. The minimum absolute atomic E-state index is 0. The molecule has 0 heterocycles. The normalized spacial score (nSPS) is 11.0. The van der Waals surface area contributed by atoms with Gasteiger partial charge in [-0.25, -0.2) is 0 Å². The molecule has 1 atom stereocenters. The van der Waals surface area contributed by atoms with Gasteiger partial charge in [0.15, 0.2) is 0 Å². The zero-order valence-electron chi connectivity index (χ0n) is 14.7. The molecule has 5 N–H and O–H groups in total. The quantitative estimate of drug-likeness (QED) is 0.321. The van der Waals surface area contributed by atoms with Crippen LogP contribution in [0.3, 0.4) is 0 Å². The molecule has 0 radical (unpaired) electrons. The Kier molecular flexibility index (Phi) is 18.9. The SMILES string of the molecule is Cl.Cl.NCCC(CCCCNC(=O)CCSSc1ccccc1)C(N)=O. The maximum atomic E-state index is 11.7. The summed E-state index contributed by atoms with van der Waals surface area (Å²) in [6, 6.07) is 10.1. The minimum Gasteiger partial charge on any atom is -0.369 e. The van der Waals surface area contributed by atoms with Crippen LogP contribution in [0.15, 0.2) is 35.2 Å². The third kappa shape index (κ3) is 13.6. The van der Waals surface area contributed by atoms with Gasteiger partial charge in [-0.1, -0.05) is 46.2 Å². The second-order valence-electron chi connectivity index (χ2n) is 5.49. The van der Waals surface area contributed by atoms with Crippen LogP contribution >= 0.6 is 46.4 Å². The van der Waals surface area contributed by atoms with Crippen LogP contribution in [-0.2, 0) is 9.59 Å². The van der Waals surface area contributed by atoms with E-state index in [0.717, 1.165) is 25.0 Å². The first-order valence-corrected chi connectivity index (χ1v) is 10.6.